The van der Waals surface area contributed by atoms with Gasteiger partial charge in [-0.1, -0.05) is 28.1 Å². The maximum absolute atomic E-state index is 11.8. The van der Waals surface area contributed by atoms with Crippen molar-refractivity contribution in [2.45, 2.75) is 24.6 Å². The summed E-state index contributed by atoms with van der Waals surface area (Å²) >= 11 is 3.37. The van der Waals surface area contributed by atoms with Gasteiger partial charge in [0.15, 0.2) is 9.84 Å². The predicted octanol–water partition coefficient (Wildman–Crippen LogP) is 2.53. The molecule has 1 N–H and O–H groups in total. The Balaban J connectivity index is 3.21. The molecule has 17 heavy (non-hydrogen) atoms. The summed E-state index contributed by atoms with van der Waals surface area (Å²) in [4.78, 5) is 0. The minimum atomic E-state index is -3.15. The molecule has 1 unspecified atom stereocenters. The van der Waals surface area contributed by atoms with Crippen LogP contribution in [-0.4, -0.2) is 26.5 Å². The molecular formula is C12H18BrNO2S. The highest BCUT2D eigenvalue weighted by Gasteiger charge is 2.38. The van der Waals surface area contributed by atoms with Crippen molar-refractivity contribution in [2.24, 2.45) is 0 Å². The molecule has 0 amide bonds. The summed E-state index contributed by atoms with van der Waals surface area (Å²) in [6.07, 6.45) is 1.27. The molecule has 0 aliphatic rings. The molecule has 1 rings (SSSR count). The van der Waals surface area contributed by atoms with Gasteiger partial charge in [-0.25, -0.2) is 8.42 Å². The zero-order valence-electron chi connectivity index (χ0n) is 10.5. The molecule has 0 aliphatic heterocycles. The van der Waals surface area contributed by atoms with Crippen LogP contribution in [0.5, 0.6) is 0 Å². The van der Waals surface area contributed by atoms with Gasteiger partial charge in [-0.3, -0.25) is 0 Å². The summed E-state index contributed by atoms with van der Waals surface area (Å²) in [7, 11) is -1.37. The lowest BCUT2D eigenvalue weighted by Crippen LogP contribution is -2.43. The zero-order chi connectivity index (χ0) is 13.3. The van der Waals surface area contributed by atoms with Crippen LogP contribution < -0.4 is 5.32 Å². The topological polar surface area (TPSA) is 46.2 Å². The van der Waals surface area contributed by atoms with Gasteiger partial charge in [-0.05, 0) is 38.6 Å². The summed E-state index contributed by atoms with van der Waals surface area (Å²) in [5.74, 6) is 0. The van der Waals surface area contributed by atoms with E-state index in [9.17, 15) is 8.42 Å². The van der Waals surface area contributed by atoms with Crippen molar-refractivity contribution in [3.8, 4) is 0 Å². The van der Waals surface area contributed by atoms with Crippen molar-refractivity contribution in [3.05, 3.63) is 34.3 Å². The van der Waals surface area contributed by atoms with Crippen LogP contribution in [0.15, 0.2) is 28.7 Å². The Labute approximate surface area is 112 Å². The van der Waals surface area contributed by atoms with Gasteiger partial charge in [0.1, 0.15) is 0 Å². The van der Waals surface area contributed by atoms with Crippen LogP contribution in [0.25, 0.3) is 0 Å². The van der Waals surface area contributed by atoms with E-state index < -0.39 is 14.6 Å². The molecule has 1 aromatic rings. The molecule has 0 radical (unpaired) electrons. The first kappa shape index (κ1) is 14.7. The number of hydrogen-bond acceptors (Lipinski definition) is 3. The van der Waals surface area contributed by atoms with Crippen LogP contribution in [0.3, 0.4) is 0 Å². The number of nitrogens with one attached hydrogen (secondary N) is 1. The monoisotopic (exact) mass is 319 g/mol. The Kier molecular flexibility index (Phi) is 4.38. The van der Waals surface area contributed by atoms with Gasteiger partial charge in [0.05, 0.1) is 10.8 Å². The highest BCUT2D eigenvalue weighted by atomic mass is 79.9. The van der Waals surface area contributed by atoms with Gasteiger partial charge in [-0.2, -0.15) is 0 Å². The Morgan fingerprint density at radius 1 is 1.24 bits per heavy atom. The number of benzene rings is 1. The smallest absolute Gasteiger partial charge is 0.154 e. The first-order chi connectivity index (χ1) is 7.70. The summed E-state index contributed by atoms with van der Waals surface area (Å²) in [5.41, 5.74) is 0.964. The van der Waals surface area contributed by atoms with Gasteiger partial charge >= 0.3 is 0 Å². The highest BCUT2D eigenvalue weighted by Crippen LogP contribution is 2.32. The Morgan fingerprint density at radius 2 is 1.71 bits per heavy atom. The first-order valence-corrected chi connectivity index (χ1v) is 8.01. The standard InChI is InChI=1S/C12H18BrNO2S/c1-12(2,17(4,15)16)11(14-3)9-5-7-10(13)8-6-9/h5-8,11,14H,1-4H3. The van der Waals surface area contributed by atoms with Crippen molar-refractivity contribution in [2.75, 3.05) is 13.3 Å². The van der Waals surface area contributed by atoms with E-state index in [1.807, 2.05) is 24.3 Å². The summed E-state index contributed by atoms with van der Waals surface area (Å²) in [6.45, 7) is 3.48. The molecule has 1 atom stereocenters. The third-order valence-electron chi connectivity index (χ3n) is 3.14. The van der Waals surface area contributed by atoms with Crippen LogP contribution >= 0.6 is 15.9 Å². The van der Waals surface area contributed by atoms with E-state index >= 15 is 0 Å². The van der Waals surface area contributed by atoms with Crippen molar-refractivity contribution < 1.29 is 8.42 Å². The fourth-order valence-electron chi connectivity index (χ4n) is 1.78. The van der Waals surface area contributed by atoms with Crippen LogP contribution in [0, 0.1) is 0 Å². The minimum absolute atomic E-state index is 0.231. The number of sulfone groups is 1. The average Bonchev–Trinajstić information content (AvgIpc) is 2.20. The largest absolute Gasteiger partial charge is 0.312 e. The van der Waals surface area contributed by atoms with E-state index in [4.69, 9.17) is 0 Å². The SMILES string of the molecule is CNC(c1ccc(Br)cc1)C(C)(C)S(C)(=O)=O. The van der Waals surface area contributed by atoms with Crippen LogP contribution in [0.4, 0.5) is 0 Å². The number of hydrogen-bond donors (Lipinski definition) is 1. The normalized spacial score (nSPS) is 14.6. The van der Waals surface area contributed by atoms with Crippen molar-refractivity contribution >= 4 is 25.8 Å². The summed E-state index contributed by atoms with van der Waals surface area (Å²) in [6, 6.07) is 7.46. The lowest BCUT2D eigenvalue weighted by molar-refractivity contribution is 0.446. The molecule has 0 saturated heterocycles. The molecule has 96 valence electrons. The van der Waals surface area contributed by atoms with Gasteiger partial charge < -0.3 is 5.32 Å². The first-order valence-electron chi connectivity index (χ1n) is 5.32. The van der Waals surface area contributed by atoms with E-state index in [1.54, 1.807) is 20.9 Å². The molecule has 0 bridgehead atoms. The third kappa shape index (κ3) is 3.09. The van der Waals surface area contributed by atoms with E-state index in [0.29, 0.717) is 0 Å². The Bertz CT molecular complexity index is 480. The molecular weight excluding hydrogens is 302 g/mol. The van der Waals surface area contributed by atoms with E-state index in [1.165, 1.54) is 6.26 Å². The summed E-state index contributed by atoms with van der Waals surface area (Å²) < 4.78 is 23.8. The van der Waals surface area contributed by atoms with Gasteiger partial charge in [0, 0.05) is 10.7 Å². The fourth-order valence-corrected chi connectivity index (χ4v) is 2.73. The lowest BCUT2D eigenvalue weighted by atomic mass is 9.95. The molecule has 0 fully saturated rings. The van der Waals surface area contributed by atoms with Crippen LogP contribution in [0.2, 0.25) is 0 Å². The van der Waals surface area contributed by atoms with Crippen molar-refractivity contribution in [3.63, 3.8) is 0 Å². The van der Waals surface area contributed by atoms with Gasteiger partial charge in [0.2, 0.25) is 0 Å². The maximum atomic E-state index is 11.8. The van der Waals surface area contributed by atoms with Gasteiger partial charge in [-0.15, -0.1) is 0 Å². The second kappa shape index (κ2) is 5.08. The van der Waals surface area contributed by atoms with Crippen molar-refractivity contribution in [1.29, 1.82) is 0 Å². The Morgan fingerprint density at radius 3 is 2.06 bits per heavy atom. The van der Waals surface area contributed by atoms with Crippen LogP contribution in [0.1, 0.15) is 25.5 Å². The predicted molar refractivity (Wildman–Crippen MR) is 74.9 cm³/mol. The third-order valence-corrected chi connectivity index (χ3v) is 5.82. The fraction of sp³-hybridized carbons (Fsp3) is 0.500. The number of rotatable bonds is 4. The molecule has 3 nitrogen and oxygen atoms in total. The second-order valence-electron chi connectivity index (χ2n) is 4.65. The van der Waals surface area contributed by atoms with Crippen molar-refractivity contribution in [1.82, 2.24) is 5.32 Å². The van der Waals surface area contributed by atoms with Gasteiger partial charge in [0.25, 0.3) is 0 Å². The Hall–Kier alpha value is -0.390. The van der Waals surface area contributed by atoms with E-state index in [2.05, 4.69) is 21.2 Å². The molecule has 0 aromatic heterocycles. The summed E-state index contributed by atoms with van der Waals surface area (Å²) in [5, 5.41) is 3.09. The molecule has 0 saturated carbocycles. The number of halogens is 1. The van der Waals surface area contributed by atoms with Crippen LogP contribution in [-0.2, 0) is 9.84 Å². The second-order valence-corrected chi connectivity index (χ2v) is 8.16. The molecule has 0 aliphatic carbocycles. The maximum Gasteiger partial charge on any atom is 0.154 e. The lowest BCUT2D eigenvalue weighted by Gasteiger charge is -2.32. The molecule has 0 spiro atoms. The minimum Gasteiger partial charge on any atom is -0.312 e. The van der Waals surface area contributed by atoms with E-state index in [0.717, 1.165) is 10.0 Å². The molecule has 1 aromatic carbocycles. The average molecular weight is 320 g/mol. The zero-order valence-corrected chi connectivity index (χ0v) is 12.9. The highest BCUT2D eigenvalue weighted by molar-refractivity contribution is 9.10. The quantitative estimate of drug-likeness (QED) is 0.927. The van der Waals surface area contributed by atoms with E-state index in [-0.39, 0.29) is 6.04 Å². The molecule has 0 heterocycles. The molecule has 5 heteroatoms.